The zero-order chi connectivity index (χ0) is 21.2. The molecular formula is C24H19N5OS. The van der Waals surface area contributed by atoms with E-state index >= 15 is 0 Å². The second-order valence-electron chi connectivity index (χ2n) is 7.13. The van der Waals surface area contributed by atoms with Gasteiger partial charge in [0.15, 0.2) is 16.8 Å². The van der Waals surface area contributed by atoms with Crippen molar-refractivity contribution in [2.24, 2.45) is 0 Å². The average Bonchev–Trinajstić information content (AvgIpc) is 3.43. The number of benzene rings is 2. The highest BCUT2D eigenvalue weighted by molar-refractivity contribution is 7.99. The molecule has 0 aliphatic carbocycles. The number of ketones is 1. The van der Waals surface area contributed by atoms with E-state index in [1.165, 1.54) is 11.8 Å². The molecule has 0 atom stereocenters. The molecule has 2 aromatic carbocycles. The molecule has 0 aliphatic heterocycles. The van der Waals surface area contributed by atoms with Crippen LogP contribution in [0.25, 0.3) is 28.0 Å². The van der Waals surface area contributed by atoms with Crippen molar-refractivity contribution in [3.8, 4) is 17.1 Å². The van der Waals surface area contributed by atoms with E-state index in [0.29, 0.717) is 16.5 Å². The van der Waals surface area contributed by atoms with E-state index in [1.807, 2.05) is 72.2 Å². The zero-order valence-corrected chi connectivity index (χ0v) is 17.6. The quantitative estimate of drug-likeness (QED) is 0.303. The number of nitrogens with zero attached hydrogens (tertiary/aromatic N) is 4. The molecule has 0 saturated carbocycles. The molecule has 0 bridgehead atoms. The number of hydrogen-bond donors (Lipinski definition) is 1. The van der Waals surface area contributed by atoms with Crippen molar-refractivity contribution >= 4 is 28.4 Å². The number of hydrogen-bond acceptors (Lipinski definition) is 5. The lowest BCUT2D eigenvalue weighted by Gasteiger charge is -2.12. The summed E-state index contributed by atoms with van der Waals surface area (Å²) in [6, 6.07) is 19.7. The van der Waals surface area contributed by atoms with Crippen LogP contribution in [0.4, 0.5) is 0 Å². The Bertz CT molecular complexity index is 1370. The Hall–Kier alpha value is -3.71. The van der Waals surface area contributed by atoms with Crippen molar-refractivity contribution in [3.05, 3.63) is 90.4 Å². The van der Waals surface area contributed by atoms with Gasteiger partial charge in [-0.2, -0.15) is 0 Å². The van der Waals surface area contributed by atoms with E-state index in [-0.39, 0.29) is 11.5 Å². The number of H-pyrrole nitrogens is 1. The summed E-state index contributed by atoms with van der Waals surface area (Å²) in [5.41, 5.74) is 4.59. The fourth-order valence-corrected chi connectivity index (χ4v) is 4.42. The average molecular weight is 426 g/mol. The Labute approximate surface area is 183 Å². The van der Waals surface area contributed by atoms with Crippen LogP contribution in [-0.2, 0) is 0 Å². The maximum absolute atomic E-state index is 13.0. The molecule has 7 heteroatoms. The molecule has 0 saturated heterocycles. The smallest absolute Gasteiger partial charge is 0.196 e. The largest absolute Gasteiger partial charge is 0.360 e. The van der Waals surface area contributed by atoms with Gasteiger partial charge in [-0.15, -0.1) is 10.2 Å². The van der Waals surface area contributed by atoms with Gasteiger partial charge in [-0.1, -0.05) is 48.2 Å². The number of para-hydroxylation sites is 2. The van der Waals surface area contributed by atoms with Crippen LogP contribution < -0.4 is 0 Å². The minimum atomic E-state index is 0.0460. The van der Waals surface area contributed by atoms with Crippen LogP contribution >= 0.6 is 11.8 Å². The Morgan fingerprint density at radius 3 is 2.71 bits per heavy atom. The molecule has 3 aromatic heterocycles. The molecule has 5 aromatic rings. The summed E-state index contributed by atoms with van der Waals surface area (Å²) in [5.74, 6) is 1.01. The van der Waals surface area contributed by atoms with Gasteiger partial charge >= 0.3 is 0 Å². The summed E-state index contributed by atoms with van der Waals surface area (Å²) in [5, 5.41) is 10.4. The first-order valence-corrected chi connectivity index (χ1v) is 10.8. The maximum atomic E-state index is 13.0. The van der Waals surface area contributed by atoms with E-state index < -0.39 is 0 Å². The monoisotopic (exact) mass is 425 g/mol. The second kappa shape index (κ2) is 8.20. The predicted octanol–water partition coefficient (Wildman–Crippen LogP) is 5.09. The topological polar surface area (TPSA) is 76.5 Å². The third-order valence-corrected chi connectivity index (χ3v) is 6.06. The fraction of sp³-hybridized carbons (Fsp3) is 0.0833. The molecular weight excluding hydrogens is 406 g/mol. The number of aromatic nitrogens is 5. The number of Topliss-reactive ketones (excluding diaryl/α,β-unsaturated/α-hetero) is 1. The first kappa shape index (κ1) is 19.3. The Kier molecular flexibility index (Phi) is 5.09. The molecule has 5 rings (SSSR count). The minimum Gasteiger partial charge on any atom is -0.360 e. The summed E-state index contributed by atoms with van der Waals surface area (Å²) in [6.45, 7) is 2.05. The van der Waals surface area contributed by atoms with Crippen LogP contribution in [0.2, 0.25) is 0 Å². The fourth-order valence-electron chi connectivity index (χ4n) is 3.59. The lowest BCUT2D eigenvalue weighted by molar-refractivity contribution is 0.102. The number of thioether (sulfide) groups is 1. The number of nitrogens with one attached hydrogen (secondary N) is 1. The summed E-state index contributed by atoms with van der Waals surface area (Å²) < 4.78 is 2.00. The predicted molar refractivity (Wildman–Crippen MR) is 123 cm³/mol. The van der Waals surface area contributed by atoms with Crippen molar-refractivity contribution in [1.29, 1.82) is 0 Å². The number of carbonyl (C=O) groups excluding carboxylic acids is 1. The number of fused-ring (bicyclic) bond motifs is 1. The normalized spacial score (nSPS) is 11.1. The van der Waals surface area contributed by atoms with E-state index in [2.05, 4.69) is 20.2 Å². The highest BCUT2D eigenvalue weighted by Gasteiger charge is 2.19. The number of aromatic amines is 1. The molecule has 0 unspecified atom stereocenters. The summed E-state index contributed by atoms with van der Waals surface area (Å²) in [7, 11) is 0. The van der Waals surface area contributed by atoms with Gasteiger partial charge in [0, 0.05) is 40.6 Å². The number of carbonyl (C=O) groups is 1. The third kappa shape index (κ3) is 3.64. The maximum Gasteiger partial charge on any atom is 0.196 e. The second-order valence-corrected chi connectivity index (χ2v) is 8.07. The van der Waals surface area contributed by atoms with Crippen LogP contribution in [0.5, 0.6) is 0 Å². The van der Waals surface area contributed by atoms with Crippen molar-refractivity contribution in [3.63, 3.8) is 0 Å². The zero-order valence-electron chi connectivity index (χ0n) is 16.8. The van der Waals surface area contributed by atoms with Crippen LogP contribution in [0.15, 0.2) is 84.4 Å². The van der Waals surface area contributed by atoms with Crippen molar-refractivity contribution in [2.45, 2.75) is 12.1 Å². The molecule has 1 N–H and O–H groups in total. The van der Waals surface area contributed by atoms with Gasteiger partial charge in [-0.3, -0.25) is 14.3 Å². The molecule has 6 nitrogen and oxygen atoms in total. The van der Waals surface area contributed by atoms with E-state index in [9.17, 15) is 4.79 Å². The molecule has 0 amide bonds. The summed E-state index contributed by atoms with van der Waals surface area (Å²) in [6.07, 6.45) is 5.28. The van der Waals surface area contributed by atoms with E-state index in [0.717, 1.165) is 27.7 Å². The first-order chi connectivity index (χ1) is 15.2. The summed E-state index contributed by atoms with van der Waals surface area (Å²) in [4.78, 5) is 20.4. The van der Waals surface area contributed by atoms with E-state index in [4.69, 9.17) is 0 Å². The molecule has 0 spiro atoms. The SMILES string of the molecule is Cc1ccccc1-n1c(SCC(=O)c2c[nH]c3ccccc23)nnc1-c1cccnc1. The van der Waals surface area contributed by atoms with Gasteiger partial charge in [0.1, 0.15) is 0 Å². The molecule has 0 fully saturated rings. The van der Waals surface area contributed by atoms with Crippen LogP contribution in [0, 0.1) is 6.92 Å². The highest BCUT2D eigenvalue weighted by Crippen LogP contribution is 2.30. The molecule has 3 heterocycles. The number of aryl methyl sites for hydroxylation is 1. The lowest BCUT2D eigenvalue weighted by Crippen LogP contribution is -2.05. The van der Waals surface area contributed by atoms with Crippen LogP contribution in [0.1, 0.15) is 15.9 Å². The van der Waals surface area contributed by atoms with Gasteiger partial charge in [-0.25, -0.2) is 0 Å². The third-order valence-electron chi connectivity index (χ3n) is 5.13. The lowest BCUT2D eigenvalue weighted by atomic mass is 10.1. The van der Waals surface area contributed by atoms with Crippen LogP contribution in [0.3, 0.4) is 0 Å². The van der Waals surface area contributed by atoms with Gasteiger partial charge in [0.05, 0.1) is 11.4 Å². The number of rotatable bonds is 6. The molecule has 152 valence electrons. The van der Waals surface area contributed by atoms with Gasteiger partial charge in [0.2, 0.25) is 0 Å². The molecule has 0 aliphatic rings. The molecule has 0 radical (unpaired) electrons. The van der Waals surface area contributed by atoms with Gasteiger partial charge < -0.3 is 4.98 Å². The standard InChI is InChI=1S/C24H19N5OS/c1-16-7-2-5-11-21(16)29-23(17-8-6-12-25-13-17)27-28-24(29)31-15-22(30)19-14-26-20-10-4-3-9-18(19)20/h2-14,26H,15H2,1H3. The Balaban J connectivity index is 1.50. The minimum absolute atomic E-state index is 0.0460. The van der Waals surface area contributed by atoms with Gasteiger partial charge in [0.25, 0.3) is 0 Å². The van der Waals surface area contributed by atoms with Crippen LogP contribution in [-0.4, -0.2) is 36.3 Å². The van der Waals surface area contributed by atoms with E-state index in [1.54, 1.807) is 18.6 Å². The Morgan fingerprint density at radius 1 is 1.03 bits per heavy atom. The van der Waals surface area contributed by atoms with Crippen molar-refractivity contribution in [1.82, 2.24) is 24.7 Å². The first-order valence-electron chi connectivity index (χ1n) is 9.86. The van der Waals surface area contributed by atoms with Crippen molar-refractivity contribution < 1.29 is 4.79 Å². The number of pyridine rings is 1. The summed E-state index contributed by atoms with van der Waals surface area (Å²) >= 11 is 1.39. The highest BCUT2D eigenvalue weighted by atomic mass is 32.2. The van der Waals surface area contributed by atoms with Crippen molar-refractivity contribution in [2.75, 3.05) is 5.75 Å². The molecule has 31 heavy (non-hydrogen) atoms. The Morgan fingerprint density at radius 2 is 1.87 bits per heavy atom. The van der Waals surface area contributed by atoms with Gasteiger partial charge in [-0.05, 0) is 36.8 Å².